The van der Waals surface area contributed by atoms with E-state index in [-0.39, 0.29) is 0 Å². The van der Waals surface area contributed by atoms with Crippen LogP contribution in [0.1, 0.15) is 5.56 Å². The van der Waals surface area contributed by atoms with Crippen molar-refractivity contribution < 1.29 is 9.15 Å². The summed E-state index contributed by atoms with van der Waals surface area (Å²) in [4.78, 5) is 0. The molecule has 0 unspecified atom stereocenters. The van der Waals surface area contributed by atoms with Gasteiger partial charge in [-0.25, -0.2) is 0 Å². The van der Waals surface area contributed by atoms with Gasteiger partial charge in [0, 0.05) is 5.56 Å². The van der Waals surface area contributed by atoms with Gasteiger partial charge in [0.25, 0.3) is 0 Å². The molecule has 1 aromatic heterocycles. The van der Waals surface area contributed by atoms with E-state index in [4.69, 9.17) is 9.15 Å². The molecule has 0 fully saturated rings. The van der Waals surface area contributed by atoms with E-state index >= 15 is 0 Å². The molecule has 2 aromatic rings. The third-order valence-corrected chi connectivity index (χ3v) is 2.03. The summed E-state index contributed by atoms with van der Waals surface area (Å²) in [5.74, 6) is 0.874. The predicted octanol–water partition coefficient (Wildman–Crippen LogP) is 2.80. The fourth-order valence-corrected chi connectivity index (χ4v) is 1.48. The summed E-state index contributed by atoms with van der Waals surface area (Å²) in [6.07, 6.45) is 5.32. The number of ether oxygens (including phenoxy) is 1. The lowest BCUT2D eigenvalue weighted by Gasteiger charge is -2.05. The summed E-state index contributed by atoms with van der Waals surface area (Å²) in [5, 5.41) is 1.07. The minimum atomic E-state index is 0.874. The molecule has 2 heteroatoms. The second kappa shape index (κ2) is 1.91. The molecule has 12 heavy (non-hydrogen) atoms. The van der Waals surface area contributed by atoms with E-state index in [0.717, 1.165) is 22.3 Å². The predicted molar refractivity (Wildman–Crippen MR) is 45.9 cm³/mol. The van der Waals surface area contributed by atoms with Crippen molar-refractivity contribution in [3.63, 3.8) is 0 Å². The van der Waals surface area contributed by atoms with Crippen molar-refractivity contribution in [2.75, 3.05) is 0 Å². The highest BCUT2D eigenvalue weighted by Crippen LogP contribution is 2.33. The van der Waals surface area contributed by atoms with Crippen LogP contribution in [0.3, 0.4) is 0 Å². The highest BCUT2D eigenvalue weighted by molar-refractivity contribution is 5.93. The molecule has 0 spiro atoms. The highest BCUT2D eigenvalue weighted by atomic mass is 16.5. The van der Waals surface area contributed by atoms with Gasteiger partial charge in [0.2, 0.25) is 0 Å². The lowest BCUT2D eigenvalue weighted by molar-refractivity contribution is 0.488. The molecule has 0 aliphatic carbocycles. The molecule has 0 bridgehead atoms. The zero-order valence-electron chi connectivity index (χ0n) is 6.28. The third kappa shape index (κ3) is 0.593. The maximum Gasteiger partial charge on any atom is 0.138 e. The average Bonchev–Trinajstić information content (AvgIpc) is 2.52. The smallest absolute Gasteiger partial charge is 0.138 e. The Kier molecular flexibility index (Phi) is 0.939. The van der Waals surface area contributed by atoms with Gasteiger partial charge in [-0.3, -0.25) is 0 Å². The largest absolute Gasteiger partial charge is 0.464 e. The lowest BCUT2D eigenvalue weighted by atomic mass is 10.1. The normalized spacial score (nSPS) is 13.3. The fourth-order valence-electron chi connectivity index (χ4n) is 1.48. The zero-order chi connectivity index (χ0) is 7.97. The molecule has 0 radical (unpaired) electrons. The van der Waals surface area contributed by atoms with E-state index in [1.807, 2.05) is 24.3 Å². The second-order valence-corrected chi connectivity index (χ2v) is 2.74. The highest BCUT2D eigenvalue weighted by Gasteiger charge is 2.11. The molecule has 2 heterocycles. The zero-order valence-corrected chi connectivity index (χ0v) is 6.28. The van der Waals surface area contributed by atoms with Gasteiger partial charge in [-0.2, -0.15) is 0 Å². The summed E-state index contributed by atoms with van der Waals surface area (Å²) in [6, 6.07) is 5.79. The number of benzene rings is 1. The van der Waals surface area contributed by atoms with Crippen LogP contribution in [0.25, 0.3) is 17.0 Å². The van der Waals surface area contributed by atoms with E-state index in [0.29, 0.717) is 0 Å². The molecule has 0 saturated carbocycles. The molecule has 1 aliphatic rings. The molecule has 0 N–H and O–H groups in total. The molecule has 0 amide bonds. The van der Waals surface area contributed by atoms with Crippen LogP contribution in [0, 0.1) is 0 Å². The summed E-state index contributed by atoms with van der Waals surface area (Å²) < 4.78 is 10.6. The van der Waals surface area contributed by atoms with Crippen LogP contribution in [0.4, 0.5) is 0 Å². The van der Waals surface area contributed by atoms with Crippen molar-refractivity contribution in [3.05, 3.63) is 36.3 Å². The number of hydrogen-bond donors (Lipinski definition) is 0. The number of furan rings is 1. The Morgan fingerprint density at radius 2 is 2.17 bits per heavy atom. The summed E-state index contributed by atoms with van der Waals surface area (Å²) in [6.45, 7) is 0. The Balaban J connectivity index is 2.57. The van der Waals surface area contributed by atoms with Crippen LogP contribution in [0.2, 0.25) is 0 Å². The number of hydrogen-bond acceptors (Lipinski definition) is 2. The van der Waals surface area contributed by atoms with Crippen LogP contribution in [-0.2, 0) is 0 Å². The van der Waals surface area contributed by atoms with E-state index in [1.165, 1.54) is 0 Å². The van der Waals surface area contributed by atoms with Crippen molar-refractivity contribution in [1.82, 2.24) is 0 Å². The summed E-state index contributed by atoms with van der Waals surface area (Å²) in [7, 11) is 0. The topological polar surface area (TPSA) is 22.4 Å². The Morgan fingerprint density at radius 1 is 1.17 bits per heavy atom. The monoisotopic (exact) mass is 158 g/mol. The Hall–Kier alpha value is -1.70. The van der Waals surface area contributed by atoms with E-state index in [2.05, 4.69) is 0 Å². The maximum absolute atomic E-state index is 5.33. The van der Waals surface area contributed by atoms with Gasteiger partial charge < -0.3 is 9.15 Å². The van der Waals surface area contributed by atoms with E-state index in [1.54, 1.807) is 12.5 Å². The minimum absolute atomic E-state index is 0.874. The third-order valence-electron chi connectivity index (χ3n) is 2.03. The first-order valence-electron chi connectivity index (χ1n) is 3.78. The van der Waals surface area contributed by atoms with Gasteiger partial charge in [-0.1, -0.05) is 6.07 Å². The first-order valence-corrected chi connectivity index (χ1v) is 3.78. The standard InChI is InChI=1S/C10H6O2/c1-2-8-10-7(4-5-11-8)6-12-9(10)3-1/h1-6H. The van der Waals surface area contributed by atoms with Crippen molar-refractivity contribution >= 4 is 17.0 Å². The van der Waals surface area contributed by atoms with Crippen LogP contribution in [0.5, 0.6) is 5.75 Å². The van der Waals surface area contributed by atoms with Crippen LogP contribution in [-0.4, -0.2) is 0 Å². The lowest BCUT2D eigenvalue weighted by Crippen LogP contribution is -1.87. The molecule has 0 saturated heterocycles. The van der Waals surface area contributed by atoms with Crippen molar-refractivity contribution in [3.8, 4) is 5.75 Å². The first kappa shape index (κ1) is 5.89. The van der Waals surface area contributed by atoms with Gasteiger partial charge >= 0.3 is 0 Å². The SMILES string of the molecule is C1=Cc2coc3cccc(c23)O1. The Bertz CT molecular complexity index is 466. The summed E-state index contributed by atoms with van der Waals surface area (Å²) in [5.41, 5.74) is 1.97. The molecule has 1 aliphatic heterocycles. The molecule has 2 nitrogen and oxygen atoms in total. The van der Waals surface area contributed by atoms with Crippen molar-refractivity contribution in [2.45, 2.75) is 0 Å². The Labute approximate surface area is 69.1 Å². The first-order chi connectivity index (χ1) is 5.95. The van der Waals surface area contributed by atoms with Crippen LogP contribution < -0.4 is 4.74 Å². The van der Waals surface area contributed by atoms with Gasteiger partial charge in [0.05, 0.1) is 17.9 Å². The molecule has 0 atom stereocenters. The Morgan fingerprint density at radius 3 is 3.17 bits per heavy atom. The molecule has 3 rings (SSSR count). The molecule has 1 aromatic carbocycles. The second-order valence-electron chi connectivity index (χ2n) is 2.74. The minimum Gasteiger partial charge on any atom is -0.464 e. The van der Waals surface area contributed by atoms with Gasteiger partial charge in [0.1, 0.15) is 11.3 Å². The van der Waals surface area contributed by atoms with E-state index < -0.39 is 0 Å². The molecule has 58 valence electrons. The summed E-state index contributed by atoms with van der Waals surface area (Å²) >= 11 is 0. The van der Waals surface area contributed by atoms with Gasteiger partial charge in [0.15, 0.2) is 0 Å². The molecular weight excluding hydrogens is 152 g/mol. The van der Waals surface area contributed by atoms with E-state index in [9.17, 15) is 0 Å². The quantitative estimate of drug-likeness (QED) is 0.588. The van der Waals surface area contributed by atoms with Gasteiger partial charge in [-0.05, 0) is 18.2 Å². The average molecular weight is 158 g/mol. The number of rotatable bonds is 0. The van der Waals surface area contributed by atoms with Gasteiger partial charge in [-0.15, -0.1) is 0 Å². The van der Waals surface area contributed by atoms with Crippen LogP contribution >= 0.6 is 0 Å². The fraction of sp³-hybridized carbons (Fsp3) is 0. The maximum atomic E-state index is 5.33. The van der Waals surface area contributed by atoms with Crippen LogP contribution in [0.15, 0.2) is 35.1 Å². The van der Waals surface area contributed by atoms with Crippen molar-refractivity contribution in [1.29, 1.82) is 0 Å². The van der Waals surface area contributed by atoms with Crippen molar-refractivity contribution in [2.24, 2.45) is 0 Å². The molecular formula is C10H6O2.